The molecular weight excluding hydrogens is 174 g/mol. The van der Waals surface area contributed by atoms with Crippen LogP contribution in [0.3, 0.4) is 0 Å². The Hall–Kier alpha value is -1.03. The van der Waals surface area contributed by atoms with Crippen molar-refractivity contribution in [2.75, 3.05) is 0 Å². The van der Waals surface area contributed by atoms with Gasteiger partial charge in [0.2, 0.25) is 0 Å². The molecule has 0 aromatic carbocycles. The lowest BCUT2D eigenvalue weighted by molar-refractivity contribution is 0.116. The van der Waals surface area contributed by atoms with Crippen molar-refractivity contribution in [3.8, 4) is 0 Å². The van der Waals surface area contributed by atoms with Crippen LogP contribution in [0.1, 0.15) is 11.3 Å². The molecule has 13 heavy (non-hydrogen) atoms. The fourth-order valence-corrected chi connectivity index (χ4v) is 1.09. The van der Waals surface area contributed by atoms with Crippen molar-refractivity contribution < 1.29 is 8.78 Å². The highest BCUT2D eigenvalue weighted by Gasteiger charge is 2.15. The maximum Gasteiger partial charge on any atom is 0.253 e. The SMILES string of the molecule is Cc1cc(CC(N)C(F)F)ccn1. The molecule has 1 heterocycles. The van der Waals surface area contributed by atoms with Crippen LogP contribution in [0.15, 0.2) is 18.3 Å². The lowest BCUT2D eigenvalue weighted by Crippen LogP contribution is -2.30. The van der Waals surface area contributed by atoms with Crippen LogP contribution in [0.4, 0.5) is 8.78 Å². The maximum absolute atomic E-state index is 12.1. The van der Waals surface area contributed by atoms with Crippen molar-refractivity contribution in [3.63, 3.8) is 0 Å². The third-order valence-electron chi connectivity index (χ3n) is 1.76. The van der Waals surface area contributed by atoms with Crippen molar-refractivity contribution in [1.29, 1.82) is 0 Å². The first kappa shape index (κ1) is 10.1. The number of aryl methyl sites for hydroxylation is 1. The summed E-state index contributed by atoms with van der Waals surface area (Å²) in [6.45, 7) is 1.82. The molecule has 0 bridgehead atoms. The summed E-state index contributed by atoms with van der Waals surface area (Å²) in [5.41, 5.74) is 6.85. The van der Waals surface area contributed by atoms with Crippen molar-refractivity contribution in [2.45, 2.75) is 25.8 Å². The summed E-state index contributed by atoms with van der Waals surface area (Å²) in [5, 5.41) is 0. The number of aromatic nitrogens is 1. The average molecular weight is 186 g/mol. The molecule has 72 valence electrons. The summed E-state index contributed by atoms with van der Waals surface area (Å²) >= 11 is 0. The number of nitrogens with zero attached hydrogens (tertiary/aromatic N) is 1. The van der Waals surface area contributed by atoms with E-state index in [0.29, 0.717) is 0 Å². The summed E-state index contributed by atoms with van der Waals surface area (Å²) in [6.07, 6.45) is -0.669. The predicted molar refractivity (Wildman–Crippen MR) is 46.7 cm³/mol. The van der Waals surface area contributed by atoms with Crippen LogP contribution in [-0.4, -0.2) is 17.5 Å². The zero-order chi connectivity index (χ0) is 9.84. The lowest BCUT2D eigenvalue weighted by atomic mass is 10.1. The van der Waals surface area contributed by atoms with Crippen LogP contribution >= 0.6 is 0 Å². The summed E-state index contributed by atoms with van der Waals surface area (Å²) in [5.74, 6) is 0. The zero-order valence-electron chi connectivity index (χ0n) is 7.37. The topological polar surface area (TPSA) is 38.9 Å². The third-order valence-corrected chi connectivity index (χ3v) is 1.76. The van der Waals surface area contributed by atoms with Gasteiger partial charge in [-0.3, -0.25) is 4.98 Å². The highest BCUT2D eigenvalue weighted by Crippen LogP contribution is 2.08. The highest BCUT2D eigenvalue weighted by molar-refractivity contribution is 5.16. The second-order valence-electron chi connectivity index (χ2n) is 3.01. The molecule has 1 aromatic rings. The van der Waals surface area contributed by atoms with Gasteiger partial charge in [0, 0.05) is 11.9 Å². The number of nitrogens with two attached hydrogens (primary N) is 1. The van der Waals surface area contributed by atoms with Gasteiger partial charge in [-0.05, 0) is 31.0 Å². The first-order valence-electron chi connectivity index (χ1n) is 4.05. The van der Waals surface area contributed by atoms with Crippen molar-refractivity contribution in [2.24, 2.45) is 5.73 Å². The molecule has 0 fully saturated rings. The molecule has 0 saturated carbocycles. The first-order chi connectivity index (χ1) is 6.09. The Morgan fingerprint density at radius 3 is 2.77 bits per heavy atom. The summed E-state index contributed by atoms with van der Waals surface area (Å²) < 4.78 is 24.1. The Bertz CT molecular complexity index is 276. The molecule has 0 saturated heterocycles. The van der Waals surface area contributed by atoms with Gasteiger partial charge in [-0.15, -0.1) is 0 Å². The smallest absolute Gasteiger partial charge is 0.253 e. The largest absolute Gasteiger partial charge is 0.323 e. The maximum atomic E-state index is 12.1. The summed E-state index contributed by atoms with van der Waals surface area (Å²) in [4.78, 5) is 3.96. The minimum atomic E-state index is -2.46. The fraction of sp³-hybridized carbons (Fsp3) is 0.444. The number of pyridine rings is 1. The van der Waals surface area contributed by atoms with Crippen LogP contribution in [0.5, 0.6) is 0 Å². The Labute approximate surface area is 75.8 Å². The van der Waals surface area contributed by atoms with Gasteiger partial charge in [0.1, 0.15) is 0 Å². The molecule has 1 aromatic heterocycles. The van der Waals surface area contributed by atoms with Gasteiger partial charge in [-0.25, -0.2) is 8.78 Å². The second kappa shape index (κ2) is 4.28. The molecule has 0 radical (unpaired) electrons. The van der Waals surface area contributed by atoms with E-state index in [2.05, 4.69) is 4.98 Å². The van der Waals surface area contributed by atoms with Crippen LogP contribution in [0, 0.1) is 6.92 Å². The van der Waals surface area contributed by atoms with Crippen LogP contribution < -0.4 is 5.73 Å². The monoisotopic (exact) mass is 186 g/mol. The minimum absolute atomic E-state index is 0.195. The molecule has 4 heteroatoms. The molecule has 1 atom stereocenters. The number of alkyl halides is 2. The van der Waals surface area contributed by atoms with Gasteiger partial charge >= 0.3 is 0 Å². The standard InChI is InChI=1S/C9H12F2N2/c1-6-4-7(2-3-13-6)5-8(12)9(10)11/h2-4,8-9H,5,12H2,1H3. The molecule has 0 aliphatic rings. The number of rotatable bonds is 3. The molecule has 0 aliphatic heterocycles. The first-order valence-corrected chi connectivity index (χ1v) is 4.05. The fourth-order valence-electron chi connectivity index (χ4n) is 1.09. The Balaban J connectivity index is 2.64. The summed E-state index contributed by atoms with van der Waals surface area (Å²) in [7, 11) is 0. The van der Waals surface area contributed by atoms with Gasteiger partial charge in [-0.1, -0.05) is 0 Å². The summed E-state index contributed by atoms with van der Waals surface area (Å²) in [6, 6.07) is 2.39. The van der Waals surface area contributed by atoms with E-state index >= 15 is 0 Å². The Kier molecular flexibility index (Phi) is 3.31. The van der Waals surface area contributed by atoms with E-state index in [1.807, 2.05) is 6.92 Å². The number of hydrogen-bond acceptors (Lipinski definition) is 2. The van der Waals surface area contributed by atoms with Gasteiger partial charge in [0.15, 0.2) is 0 Å². The van der Waals surface area contributed by atoms with Crippen LogP contribution in [-0.2, 0) is 6.42 Å². The molecule has 1 unspecified atom stereocenters. The van der Waals surface area contributed by atoms with E-state index in [0.717, 1.165) is 11.3 Å². The average Bonchev–Trinajstić information content (AvgIpc) is 2.04. The van der Waals surface area contributed by atoms with E-state index in [-0.39, 0.29) is 6.42 Å². The molecule has 0 spiro atoms. The lowest BCUT2D eigenvalue weighted by Gasteiger charge is -2.09. The van der Waals surface area contributed by atoms with Crippen molar-refractivity contribution in [3.05, 3.63) is 29.6 Å². The molecular formula is C9H12F2N2. The van der Waals surface area contributed by atoms with E-state index in [4.69, 9.17) is 5.73 Å². The second-order valence-corrected chi connectivity index (χ2v) is 3.01. The number of halogens is 2. The number of hydrogen-bond donors (Lipinski definition) is 1. The van der Waals surface area contributed by atoms with E-state index < -0.39 is 12.5 Å². The van der Waals surface area contributed by atoms with E-state index in [1.54, 1.807) is 18.3 Å². The highest BCUT2D eigenvalue weighted by atomic mass is 19.3. The van der Waals surface area contributed by atoms with Crippen molar-refractivity contribution in [1.82, 2.24) is 4.98 Å². The Morgan fingerprint density at radius 1 is 1.54 bits per heavy atom. The van der Waals surface area contributed by atoms with E-state index in [9.17, 15) is 8.78 Å². The quantitative estimate of drug-likeness (QED) is 0.777. The van der Waals surface area contributed by atoms with E-state index in [1.165, 1.54) is 0 Å². The molecule has 2 N–H and O–H groups in total. The van der Waals surface area contributed by atoms with Gasteiger partial charge in [0.05, 0.1) is 6.04 Å². The molecule has 0 aliphatic carbocycles. The normalized spacial score (nSPS) is 13.3. The zero-order valence-corrected chi connectivity index (χ0v) is 7.37. The minimum Gasteiger partial charge on any atom is -0.323 e. The Morgan fingerprint density at radius 2 is 2.23 bits per heavy atom. The molecule has 0 amide bonds. The molecule has 2 nitrogen and oxygen atoms in total. The predicted octanol–water partition coefficient (Wildman–Crippen LogP) is 1.52. The van der Waals surface area contributed by atoms with Gasteiger partial charge < -0.3 is 5.73 Å². The van der Waals surface area contributed by atoms with Crippen molar-refractivity contribution >= 4 is 0 Å². The molecule has 1 rings (SSSR count). The van der Waals surface area contributed by atoms with Gasteiger partial charge in [0.25, 0.3) is 6.43 Å². The van der Waals surface area contributed by atoms with Crippen LogP contribution in [0.25, 0.3) is 0 Å². The van der Waals surface area contributed by atoms with Crippen LogP contribution in [0.2, 0.25) is 0 Å². The van der Waals surface area contributed by atoms with Gasteiger partial charge in [-0.2, -0.15) is 0 Å². The third kappa shape index (κ3) is 3.06.